The standard InChI is InChI=1S/C18H12ClN5O/c19-13-3-7-14(8-4-13)22-17(25)16-9-10-21-18(24-16)23-15-5-1-12(11-20)2-6-15/h1-10H,(H,22,25)(H,21,23,24). The van der Waals surface area contributed by atoms with Crippen molar-refractivity contribution < 1.29 is 4.79 Å². The lowest BCUT2D eigenvalue weighted by molar-refractivity contribution is 0.102. The summed E-state index contributed by atoms with van der Waals surface area (Å²) in [5.74, 6) is -0.0685. The van der Waals surface area contributed by atoms with Gasteiger partial charge in [0.1, 0.15) is 5.69 Å². The van der Waals surface area contributed by atoms with Gasteiger partial charge in [-0.2, -0.15) is 5.26 Å². The van der Waals surface area contributed by atoms with Gasteiger partial charge in [-0.1, -0.05) is 11.6 Å². The molecule has 1 amide bonds. The molecule has 2 aromatic carbocycles. The maximum atomic E-state index is 12.3. The molecule has 0 unspecified atom stereocenters. The van der Waals surface area contributed by atoms with Gasteiger partial charge in [0, 0.05) is 22.6 Å². The zero-order valence-electron chi connectivity index (χ0n) is 12.9. The number of aromatic nitrogens is 2. The van der Waals surface area contributed by atoms with Crippen molar-refractivity contribution in [2.45, 2.75) is 0 Å². The number of hydrogen-bond donors (Lipinski definition) is 2. The summed E-state index contributed by atoms with van der Waals surface area (Å²) in [6.45, 7) is 0. The summed E-state index contributed by atoms with van der Waals surface area (Å²) in [4.78, 5) is 20.6. The molecule has 0 atom stereocenters. The molecular weight excluding hydrogens is 338 g/mol. The number of carbonyl (C=O) groups is 1. The van der Waals surface area contributed by atoms with E-state index in [2.05, 4.69) is 20.6 Å². The van der Waals surface area contributed by atoms with Crippen molar-refractivity contribution in [1.82, 2.24) is 9.97 Å². The first kappa shape index (κ1) is 16.4. The third-order valence-electron chi connectivity index (χ3n) is 3.26. The number of anilines is 3. The van der Waals surface area contributed by atoms with Gasteiger partial charge < -0.3 is 10.6 Å². The third-order valence-corrected chi connectivity index (χ3v) is 3.51. The summed E-state index contributed by atoms with van der Waals surface area (Å²) in [7, 11) is 0. The smallest absolute Gasteiger partial charge is 0.274 e. The van der Waals surface area contributed by atoms with Gasteiger partial charge in [0.05, 0.1) is 11.6 Å². The van der Waals surface area contributed by atoms with Crippen LogP contribution in [0.2, 0.25) is 5.02 Å². The fraction of sp³-hybridized carbons (Fsp3) is 0. The van der Waals surface area contributed by atoms with Gasteiger partial charge >= 0.3 is 0 Å². The van der Waals surface area contributed by atoms with Gasteiger partial charge in [-0.15, -0.1) is 0 Å². The van der Waals surface area contributed by atoms with Crippen LogP contribution >= 0.6 is 11.6 Å². The first-order valence-electron chi connectivity index (χ1n) is 7.31. The Hall–Kier alpha value is -3.43. The lowest BCUT2D eigenvalue weighted by atomic mass is 10.2. The third kappa shape index (κ3) is 4.31. The Morgan fingerprint density at radius 3 is 2.36 bits per heavy atom. The van der Waals surface area contributed by atoms with Crippen LogP contribution in [0, 0.1) is 11.3 Å². The van der Waals surface area contributed by atoms with E-state index in [9.17, 15) is 4.79 Å². The molecule has 3 rings (SSSR count). The number of rotatable bonds is 4. The number of benzene rings is 2. The molecule has 3 aromatic rings. The summed E-state index contributed by atoms with van der Waals surface area (Å²) < 4.78 is 0. The number of hydrogen-bond acceptors (Lipinski definition) is 5. The lowest BCUT2D eigenvalue weighted by Gasteiger charge is -2.07. The Morgan fingerprint density at radius 1 is 1.00 bits per heavy atom. The van der Waals surface area contributed by atoms with Gasteiger partial charge in [0.25, 0.3) is 5.91 Å². The molecule has 0 bridgehead atoms. The highest BCUT2D eigenvalue weighted by Gasteiger charge is 2.09. The van der Waals surface area contributed by atoms with Gasteiger partial charge in [-0.05, 0) is 54.6 Å². The minimum atomic E-state index is -0.354. The van der Waals surface area contributed by atoms with E-state index in [-0.39, 0.29) is 17.5 Å². The minimum Gasteiger partial charge on any atom is -0.324 e. The Morgan fingerprint density at radius 2 is 1.68 bits per heavy atom. The largest absolute Gasteiger partial charge is 0.324 e. The maximum absolute atomic E-state index is 12.3. The maximum Gasteiger partial charge on any atom is 0.274 e. The fourth-order valence-electron chi connectivity index (χ4n) is 2.03. The number of nitrogens with one attached hydrogen (secondary N) is 2. The molecule has 0 spiro atoms. The van der Waals surface area contributed by atoms with E-state index >= 15 is 0 Å². The molecule has 6 nitrogen and oxygen atoms in total. The Balaban J connectivity index is 1.72. The quantitative estimate of drug-likeness (QED) is 0.743. The van der Waals surface area contributed by atoms with Crippen LogP contribution < -0.4 is 10.6 Å². The number of amides is 1. The van der Waals surface area contributed by atoms with Crippen LogP contribution in [0.1, 0.15) is 16.1 Å². The van der Waals surface area contributed by atoms with Crippen LogP contribution in [0.25, 0.3) is 0 Å². The monoisotopic (exact) mass is 349 g/mol. The van der Waals surface area contributed by atoms with Crippen LogP contribution in [-0.2, 0) is 0 Å². The summed E-state index contributed by atoms with van der Waals surface area (Å²) in [5.41, 5.74) is 2.12. The summed E-state index contributed by atoms with van der Waals surface area (Å²) in [6, 6.07) is 17.2. The number of carbonyl (C=O) groups excluding carboxylic acids is 1. The van der Waals surface area contributed by atoms with Crippen molar-refractivity contribution in [2.24, 2.45) is 0 Å². The number of nitriles is 1. The van der Waals surface area contributed by atoms with Crippen molar-refractivity contribution in [2.75, 3.05) is 10.6 Å². The molecule has 0 aliphatic carbocycles. The van der Waals surface area contributed by atoms with Crippen LogP contribution in [0.4, 0.5) is 17.3 Å². The highest BCUT2D eigenvalue weighted by atomic mass is 35.5. The fourth-order valence-corrected chi connectivity index (χ4v) is 2.16. The van der Waals surface area contributed by atoms with E-state index in [0.29, 0.717) is 22.0 Å². The molecule has 1 aromatic heterocycles. The average Bonchev–Trinajstić information content (AvgIpc) is 2.64. The second kappa shape index (κ2) is 7.43. The van der Waals surface area contributed by atoms with Crippen molar-refractivity contribution in [1.29, 1.82) is 5.26 Å². The second-order valence-corrected chi connectivity index (χ2v) is 5.48. The first-order valence-corrected chi connectivity index (χ1v) is 7.69. The Kier molecular flexibility index (Phi) is 4.88. The van der Waals surface area contributed by atoms with Gasteiger partial charge in [0.15, 0.2) is 0 Å². The summed E-state index contributed by atoms with van der Waals surface area (Å²) >= 11 is 5.82. The molecule has 25 heavy (non-hydrogen) atoms. The van der Waals surface area contributed by atoms with E-state index in [1.54, 1.807) is 48.5 Å². The molecule has 0 aliphatic heterocycles. The van der Waals surface area contributed by atoms with Gasteiger partial charge in [0.2, 0.25) is 5.95 Å². The van der Waals surface area contributed by atoms with E-state index in [1.165, 1.54) is 12.3 Å². The molecule has 1 heterocycles. The van der Waals surface area contributed by atoms with Gasteiger partial charge in [-0.25, -0.2) is 9.97 Å². The number of halogens is 1. The van der Waals surface area contributed by atoms with E-state index in [0.717, 1.165) is 0 Å². The van der Waals surface area contributed by atoms with Crippen LogP contribution in [0.15, 0.2) is 60.8 Å². The van der Waals surface area contributed by atoms with Gasteiger partial charge in [-0.3, -0.25) is 4.79 Å². The molecule has 0 aliphatic rings. The van der Waals surface area contributed by atoms with Crippen LogP contribution in [0.3, 0.4) is 0 Å². The second-order valence-electron chi connectivity index (χ2n) is 5.04. The lowest BCUT2D eigenvalue weighted by Crippen LogP contribution is -2.14. The highest BCUT2D eigenvalue weighted by Crippen LogP contribution is 2.16. The Bertz CT molecular complexity index is 933. The molecule has 0 radical (unpaired) electrons. The molecule has 0 fully saturated rings. The van der Waals surface area contributed by atoms with Crippen molar-refractivity contribution in [3.8, 4) is 6.07 Å². The molecule has 0 saturated heterocycles. The molecule has 7 heteroatoms. The molecular formula is C18H12ClN5O. The Labute approximate surface area is 149 Å². The molecule has 0 saturated carbocycles. The normalized spacial score (nSPS) is 9.92. The minimum absolute atomic E-state index is 0.223. The molecule has 122 valence electrons. The number of nitrogens with zero attached hydrogens (tertiary/aromatic N) is 3. The van der Waals surface area contributed by atoms with Crippen molar-refractivity contribution in [3.05, 3.63) is 77.1 Å². The van der Waals surface area contributed by atoms with Crippen molar-refractivity contribution in [3.63, 3.8) is 0 Å². The predicted molar refractivity (Wildman–Crippen MR) is 95.9 cm³/mol. The zero-order chi connectivity index (χ0) is 17.6. The van der Waals surface area contributed by atoms with Crippen LogP contribution in [0.5, 0.6) is 0 Å². The SMILES string of the molecule is N#Cc1ccc(Nc2nccc(C(=O)Nc3ccc(Cl)cc3)n2)cc1. The van der Waals surface area contributed by atoms with E-state index in [1.807, 2.05) is 6.07 Å². The van der Waals surface area contributed by atoms with Crippen LogP contribution in [-0.4, -0.2) is 15.9 Å². The average molecular weight is 350 g/mol. The van der Waals surface area contributed by atoms with E-state index in [4.69, 9.17) is 16.9 Å². The molecule has 2 N–H and O–H groups in total. The first-order chi connectivity index (χ1) is 12.1. The predicted octanol–water partition coefficient (Wildman–Crippen LogP) is 4.00. The zero-order valence-corrected chi connectivity index (χ0v) is 13.7. The highest BCUT2D eigenvalue weighted by molar-refractivity contribution is 6.30. The van der Waals surface area contributed by atoms with E-state index < -0.39 is 0 Å². The summed E-state index contributed by atoms with van der Waals surface area (Å²) in [5, 5.41) is 15.1. The topological polar surface area (TPSA) is 90.7 Å². The summed E-state index contributed by atoms with van der Waals surface area (Å²) in [6.07, 6.45) is 1.50. The van der Waals surface area contributed by atoms with Crippen molar-refractivity contribution >= 4 is 34.8 Å².